The van der Waals surface area contributed by atoms with E-state index in [4.69, 9.17) is 0 Å². The Bertz CT molecular complexity index is 1380. The predicted octanol–water partition coefficient (Wildman–Crippen LogP) is 6.01. The Balaban J connectivity index is 1.95. The molecule has 0 aliphatic rings. The van der Waals surface area contributed by atoms with E-state index in [9.17, 15) is 17.2 Å². The van der Waals surface area contributed by atoms with E-state index in [0.717, 1.165) is 22.4 Å². The fraction of sp³-hybridized carbons (Fsp3) is 0.130. The van der Waals surface area contributed by atoms with Crippen LogP contribution in [0.15, 0.2) is 66.0 Å². The van der Waals surface area contributed by atoms with Crippen LogP contribution in [0, 0.1) is 11.6 Å². The fourth-order valence-corrected chi connectivity index (χ4v) is 5.22. The molecule has 0 radical (unpaired) electrons. The number of halogens is 2. The first-order valence-corrected chi connectivity index (χ1v) is 12.1. The number of benzene rings is 3. The van der Waals surface area contributed by atoms with Gasteiger partial charge in [-0.2, -0.15) is 0 Å². The van der Waals surface area contributed by atoms with Crippen molar-refractivity contribution in [1.82, 2.24) is 0 Å². The van der Waals surface area contributed by atoms with Gasteiger partial charge in [-0.3, -0.25) is 0 Å². The molecule has 0 bridgehead atoms. The molecule has 4 rings (SSSR count). The molecule has 0 aliphatic carbocycles. The molecule has 1 heterocycles. The first kappa shape index (κ1) is 21.3. The minimum atomic E-state index is -3.72. The minimum Gasteiger partial charge on any atom is -0.378 e. The second-order valence-corrected chi connectivity index (χ2v) is 10.2. The second kappa shape index (κ2) is 7.94. The average molecular weight is 459 g/mol. The largest absolute Gasteiger partial charge is 0.378 e. The van der Waals surface area contributed by atoms with Crippen molar-refractivity contribution in [3.05, 3.63) is 77.7 Å². The van der Waals surface area contributed by atoms with Gasteiger partial charge < -0.3 is 4.90 Å². The number of anilines is 3. The van der Waals surface area contributed by atoms with Crippen molar-refractivity contribution in [3.63, 3.8) is 0 Å². The van der Waals surface area contributed by atoms with Gasteiger partial charge in [-0.15, -0.1) is 11.3 Å². The molecule has 0 aliphatic heterocycles. The number of hydrogen-bond donors (Lipinski definition) is 0. The summed E-state index contributed by atoms with van der Waals surface area (Å²) in [5.41, 5.74) is 2.16. The lowest BCUT2D eigenvalue weighted by atomic mass is 10.0. The molecular formula is C23H20F2N2O2S2. The zero-order valence-corrected chi connectivity index (χ0v) is 18.8. The Morgan fingerprint density at radius 3 is 2.26 bits per heavy atom. The summed E-state index contributed by atoms with van der Waals surface area (Å²) in [5.74, 6) is -1.39. The van der Waals surface area contributed by atoms with Crippen LogP contribution in [0.1, 0.15) is 0 Å². The summed E-state index contributed by atoms with van der Waals surface area (Å²) in [4.78, 5) is 1.80. The monoisotopic (exact) mass is 458 g/mol. The molecule has 3 aromatic carbocycles. The van der Waals surface area contributed by atoms with Gasteiger partial charge in [-0.25, -0.2) is 21.5 Å². The molecule has 4 aromatic rings. The SMILES string of the molecule is CN(C)c1cc(-c2ccc(F)cc2F)cc(N(c2ccc3sccc3c2)S(C)(=O)=O)c1. The molecular weight excluding hydrogens is 438 g/mol. The average Bonchev–Trinajstić information content (AvgIpc) is 3.14. The molecule has 0 spiro atoms. The van der Waals surface area contributed by atoms with E-state index in [-0.39, 0.29) is 5.56 Å². The first-order valence-electron chi connectivity index (χ1n) is 9.39. The second-order valence-electron chi connectivity index (χ2n) is 7.43. The summed E-state index contributed by atoms with van der Waals surface area (Å²) in [6.45, 7) is 0. The minimum absolute atomic E-state index is 0.188. The summed E-state index contributed by atoms with van der Waals surface area (Å²) in [7, 11) is -0.0933. The third-order valence-electron chi connectivity index (χ3n) is 4.90. The number of fused-ring (bicyclic) bond motifs is 1. The highest BCUT2D eigenvalue weighted by atomic mass is 32.2. The molecule has 0 amide bonds. The first-order chi connectivity index (χ1) is 14.6. The van der Waals surface area contributed by atoms with E-state index in [1.165, 1.54) is 16.4 Å². The highest BCUT2D eigenvalue weighted by molar-refractivity contribution is 7.92. The van der Waals surface area contributed by atoms with Crippen molar-refractivity contribution < 1.29 is 17.2 Å². The van der Waals surface area contributed by atoms with E-state index in [1.54, 1.807) is 40.5 Å². The molecule has 0 saturated carbocycles. The molecule has 8 heteroatoms. The van der Waals surface area contributed by atoms with Crippen molar-refractivity contribution in [2.24, 2.45) is 0 Å². The molecule has 31 heavy (non-hydrogen) atoms. The van der Waals surface area contributed by atoms with Gasteiger partial charge in [-0.05, 0) is 70.9 Å². The van der Waals surface area contributed by atoms with Gasteiger partial charge in [0.15, 0.2) is 0 Å². The van der Waals surface area contributed by atoms with Crippen molar-refractivity contribution >= 4 is 48.5 Å². The van der Waals surface area contributed by atoms with E-state index in [0.29, 0.717) is 22.6 Å². The summed E-state index contributed by atoms with van der Waals surface area (Å²) in [5, 5.41) is 2.88. The smallest absolute Gasteiger partial charge is 0.236 e. The van der Waals surface area contributed by atoms with Crippen LogP contribution < -0.4 is 9.21 Å². The molecule has 0 saturated heterocycles. The number of nitrogens with zero attached hydrogens (tertiary/aromatic N) is 2. The van der Waals surface area contributed by atoms with E-state index in [2.05, 4.69) is 0 Å². The fourth-order valence-electron chi connectivity index (χ4n) is 3.46. The molecule has 4 nitrogen and oxygen atoms in total. The third-order valence-corrected chi connectivity index (χ3v) is 6.88. The lowest BCUT2D eigenvalue weighted by Gasteiger charge is -2.25. The highest BCUT2D eigenvalue weighted by Gasteiger charge is 2.22. The number of thiophene rings is 1. The zero-order chi connectivity index (χ0) is 22.3. The van der Waals surface area contributed by atoms with Crippen molar-refractivity contribution in [3.8, 4) is 11.1 Å². The zero-order valence-electron chi connectivity index (χ0n) is 17.1. The van der Waals surface area contributed by atoms with Gasteiger partial charge in [0.1, 0.15) is 11.6 Å². The Morgan fingerprint density at radius 1 is 0.839 bits per heavy atom. The van der Waals surface area contributed by atoms with Crippen LogP contribution >= 0.6 is 11.3 Å². The summed E-state index contributed by atoms with van der Waals surface area (Å²) < 4.78 is 55.9. The van der Waals surface area contributed by atoms with Crippen LogP contribution in [0.3, 0.4) is 0 Å². The molecule has 0 unspecified atom stereocenters. The molecule has 1 aromatic heterocycles. The quantitative estimate of drug-likeness (QED) is 0.368. The molecule has 0 N–H and O–H groups in total. The van der Waals surface area contributed by atoms with Gasteiger partial charge >= 0.3 is 0 Å². The number of sulfonamides is 1. The maximum absolute atomic E-state index is 14.5. The lowest BCUT2D eigenvalue weighted by Crippen LogP contribution is -2.25. The van der Waals surface area contributed by atoms with Gasteiger partial charge in [0.05, 0.1) is 17.6 Å². The maximum Gasteiger partial charge on any atom is 0.236 e. The van der Waals surface area contributed by atoms with Crippen LogP contribution in [0.2, 0.25) is 0 Å². The Labute approximate surface area is 184 Å². The van der Waals surface area contributed by atoms with Crippen LogP contribution in [0.5, 0.6) is 0 Å². The van der Waals surface area contributed by atoms with Crippen molar-refractivity contribution in [1.29, 1.82) is 0 Å². The summed E-state index contributed by atoms with van der Waals surface area (Å²) in [6.07, 6.45) is 1.13. The lowest BCUT2D eigenvalue weighted by molar-refractivity contribution is 0.585. The molecule has 160 valence electrons. The number of rotatable bonds is 5. The van der Waals surface area contributed by atoms with Crippen LogP contribution in [0.25, 0.3) is 21.2 Å². The van der Waals surface area contributed by atoms with Crippen LogP contribution in [-0.2, 0) is 10.0 Å². The van der Waals surface area contributed by atoms with Gasteiger partial charge in [0, 0.05) is 36.1 Å². The topological polar surface area (TPSA) is 40.6 Å². The standard InChI is InChI=1S/C23H20F2N2O2S2/c1-26(2)19-11-16(21-6-4-17(24)13-22(21)25)12-20(14-19)27(31(3,28)29)18-5-7-23-15(10-18)8-9-30-23/h4-14H,1-3H3. The van der Waals surface area contributed by atoms with E-state index in [1.807, 2.05) is 37.7 Å². The Morgan fingerprint density at radius 2 is 1.58 bits per heavy atom. The van der Waals surface area contributed by atoms with Crippen molar-refractivity contribution in [2.75, 3.05) is 29.6 Å². The van der Waals surface area contributed by atoms with E-state index < -0.39 is 21.7 Å². The van der Waals surface area contributed by atoms with Crippen molar-refractivity contribution in [2.45, 2.75) is 0 Å². The van der Waals surface area contributed by atoms with E-state index >= 15 is 0 Å². The van der Waals surface area contributed by atoms with Crippen LogP contribution in [0.4, 0.5) is 25.8 Å². The van der Waals surface area contributed by atoms with Gasteiger partial charge in [0.25, 0.3) is 0 Å². The number of hydrogen-bond acceptors (Lipinski definition) is 4. The summed E-state index contributed by atoms with van der Waals surface area (Å²) in [6, 6.07) is 15.8. The highest BCUT2D eigenvalue weighted by Crippen LogP contribution is 2.37. The van der Waals surface area contributed by atoms with Crippen LogP contribution in [-0.4, -0.2) is 28.8 Å². The van der Waals surface area contributed by atoms with Gasteiger partial charge in [-0.1, -0.05) is 0 Å². The summed E-state index contributed by atoms with van der Waals surface area (Å²) >= 11 is 1.57. The Hall–Kier alpha value is -2.97. The Kier molecular flexibility index (Phi) is 5.45. The predicted molar refractivity (Wildman–Crippen MR) is 125 cm³/mol. The normalized spacial score (nSPS) is 11.6. The van der Waals surface area contributed by atoms with Gasteiger partial charge in [0.2, 0.25) is 10.0 Å². The maximum atomic E-state index is 14.5. The molecule has 0 fully saturated rings. The molecule has 0 atom stereocenters. The third kappa shape index (κ3) is 4.26.